The molecule has 0 radical (unpaired) electrons. The van der Waals surface area contributed by atoms with E-state index in [0.29, 0.717) is 31.2 Å². The van der Waals surface area contributed by atoms with Crippen molar-refractivity contribution >= 4 is 45.3 Å². The van der Waals surface area contributed by atoms with Crippen molar-refractivity contribution in [1.29, 1.82) is 0 Å². The lowest BCUT2D eigenvalue weighted by molar-refractivity contribution is 0.0240. The van der Waals surface area contributed by atoms with Crippen LogP contribution in [-0.2, 0) is 4.74 Å². The minimum absolute atomic E-state index is 0.255. The Hall–Kier alpha value is -2.47. The van der Waals surface area contributed by atoms with Crippen molar-refractivity contribution in [2.24, 2.45) is 0 Å². The molecule has 1 aliphatic heterocycles. The fourth-order valence-corrected chi connectivity index (χ4v) is 3.60. The smallest absolute Gasteiger partial charge is 0.410 e. The number of piperazine rings is 1. The average molecular weight is 387 g/mol. The van der Waals surface area contributed by atoms with Gasteiger partial charge in [-0.15, -0.1) is 0 Å². The summed E-state index contributed by atoms with van der Waals surface area (Å²) in [6.45, 7) is 8.30. The molecular weight excluding hydrogens is 364 g/mol. The summed E-state index contributed by atoms with van der Waals surface area (Å²) in [4.78, 5) is 24.5. The van der Waals surface area contributed by atoms with E-state index in [0.717, 1.165) is 27.6 Å². The molecule has 0 bridgehead atoms. The minimum atomic E-state index is -0.479. The van der Waals surface area contributed by atoms with Gasteiger partial charge in [0.15, 0.2) is 0 Å². The van der Waals surface area contributed by atoms with Gasteiger partial charge in [0.05, 0.1) is 11.0 Å². The van der Waals surface area contributed by atoms with Crippen molar-refractivity contribution in [2.75, 3.05) is 31.1 Å². The van der Waals surface area contributed by atoms with Crippen molar-refractivity contribution in [1.82, 2.24) is 14.9 Å². The zero-order valence-electron chi connectivity index (χ0n) is 15.8. The van der Waals surface area contributed by atoms with Crippen LogP contribution in [0, 0.1) is 0 Å². The van der Waals surface area contributed by atoms with Crippen molar-refractivity contribution in [3.8, 4) is 0 Å². The monoisotopic (exact) mass is 386 g/mol. The van der Waals surface area contributed by atoms with Crippen molar-refractivity contribution in [2.45, 2.75) is 26.4 Å². The highest BCUT2D eigenvalue weighted by Crippen LogP contribution is 2.32. The van der Waals surface area contributed by atoms with Gasteiger partial charge in [-0.1, -0.05) is 11.6 Å². The van der Waals surface area contributed by atoms with Crippen LogP contribution in [0.15, 0.2) is 30.5 Å². The normalized spacial score (nSPS) is 15.6. The second kappa shape index (κ2) is 6.60. The number of carbonyl (C=O) groups is 1. The van der Waals surface area contributed by atoms with Crippen LogP contribution in [0.4, 0.5) is 10.6 Å². The first kappa shape index (κ1) is 17.9. The summed E-state index contributed by atoms with van der Waals surface area (Å²) in [5.74, 6) is 0.935. The van der Waals surface area contributed by atoms with Gasteiger partial charge in [0.1, 0.15) is 11.4 Å². The highest BCUT2D eigenvalue weighted by atomic mass is 35.5. The Bertz CT molecular complexity index is 1000. The van der Waals surface area contributed by atoms with E-state index >= 15 is 0 Å². The molecule has 7 heteroatoms. The average Bonchev–Trinajstić information content (AvgIpc) is 3.10. The number of H-pyrrole nitrogens is 1. The zero-order valence-corrected chi connectivity index (χ0v) is 16.5. The molecule has 4 rings (SSSR count). The predicted molar refractivity (Wildman–Crippen MR) is 109 cm³/mol. The molecule has 6 nitrogen and oxygen atoms in total. The number of hydrogen-bond donors (Lipinski definition) is 1. The molecular formula is C20H23ClN4O2. The van der Waals surface area contributed by atoms with Crippen LogP contribution in [0.25, 0.3) is 21.8 Å². The van der Waals surface area contributed by atoms with Gasteiger partial charge >= 0.3 is 6.09 Å². The van der Waals surface area contributed by atoms with E-state index in [1.165, 1.54) is 0 Å². The Morgan fingerprint density at radius 1 is 1.15 bits per heavy atom. The molecule has 0 atom stereocenters. The van der Waals surface area contributed by atoms with Crippen LogP contribution in [0.3, 0.4) is 0 Å². The Labute approximate surface area is 163 Å². The Morgan fingerprint density at radius 3 is 2.59 bits per heavy atom. The van der Waals surface area contributed by atoms with Crippen LogP contribution in [0.5, 0.6) is 0 Å². The number of pyridine rings is 1. The van der Waals surface area contributed by atoms with Crippen LogP contribution in [0.2, 0.25) is 5.02 Å². The van der Waals surface area contributed by atoms with Crippen molar-refractivity contribution in [3.63, 3.8) is 0 Å². The molecule has 2 aromatic heterocycles. The number of aromatic amines is 1. The molecule has 1 aliphatic rings. The molecule has 1 amide bonds. The molecule has 3 heterocycles. The van der Waals surface area contributed by atoms with Crippen molar-refractivity contribution in [3.05, 3.63) is 35.5 Å². The van der Waals surface area contributed by atoms with E-state index < -0.39 is 5.60 Å². The maximum Gasteiger partial charge on any atom is 0.410 e. The van der Waals surface area contributed by atoms with Crippen LogP contribution < -0.4 is 4.90 Å². The number of halogens is 1. The molecule has 1 fully saturated rings. The lowest BCUT2D eigenvalue weighted by Crippen LogP contribution is -2.50. The van der Waals surface area contributed by atoms with E-state index in [1.807, 2.05) is 51.2 Å². The van der Waals surface area contributed by atoms with Gasteiger partial charge in [0, 0.05) is 48.2 Å². The zero-order chi connectivity index (χ0) is 19.2. The highest BCUT2D eigenvalue weighted by molar-refractivity contribution is 6.31. The highest BCUT2D eigenvalue weighted by Gasteiger charge is 2.27. The molecule has 1 saturated heterocycles. The lowest BCUT2D eigenvalue weighted by Gasteiger charge is -2.36. The van der Waals surface area contributed by atoms with Crippen LogP contribution in [0.1, 0.15) is 20.8 Å². The third-order valence-electron chi connectivity index (χ3n) is 4.67. The third-order valence-corrected chi connectivity index (χ3v) is 4.91. The van der Waals surface area contributed by atoms with Crippen LogP contribution in [-0.4, -0.2) is 52.7 Å². The summed E-state index contributed by atoms with van der Waals surface area (Å²) >= 11 is 6.16. The number of rotatable bonds is 1. The minimum Gasteiger partial charge on any atom is -0.444 e. The fraction of sp³-hybridized carbons (Fsp3) is 0.400. The Kier molecular flexibility index (Phi) is 4.38. The van der Waals surface area contributed by atoms with E-state index in [1.54, 1.807) is 4.90 Å². The lowest BCUT2D eigenvalue weighted by atomic mass is 10.1. The van der Waals surface area contributed by atoms with Gasteiger partial charge in [-0.2, -0.15) is 0 Å². The van der Waals surface area contributed by atoms with Gasteiger partial charge in [0.25, 0.3) is 0 Å². The van der Waals surface area contributed by atoms with E-state index in [-0.39, 0.29) is 6.09 Å². The number of aromatic nitrogens is 2. The number of ether oxygens (including phenoxy) is 1. The first-order valence-corrected chi connectivity index (χ1v) is 9.49. The first-order chi connectivity index (χ1) is 12.8. The van der Waals surface area contributed by atoms with Gasteiger partial charge < -0.3 is 19.5 Å². The molecule has 27 heavy (non-hydrogen) atoms. The first-order valence-electron chi connectivity index (χ1n) is 9.11. The Morgan fingerprint density at radius 2 is 1.89 bits per heavy atom. The molecule has 0 aliphatic carbocycles. The molecule has 3 aromatic rings. The Balaban J connectivity index is 1.59. The summed E-state index contributed by atoms with van der Waals surface area (Å²) in [6.07, 6.45) is 1.67. The molecule has 0 spiro atoms. The maximum atomic E-state index is 12.3. The second-order valence-corrected chi connectivity index (χ2v) is 8.25. The number of hydrogen-bond acceptors (Lipinski definition) is 4. The fourth-order valence-electron chi connectivity index (χ4n) is 3.43. The SMILES string of the molecule is CC(C)(C)OC(=O)N1CCN(c2nc3ccc(Cl)cc3c3[nH]ccc23)CC1. The standard InChI is InChI=1S/C20H23ClN4O2/c1-20(2,3)27-19(26)25-10-8-24(9-11-25)18-14-6-7-22-17(14)15-12-13(21)4-5-16(15)23-18/h4-7,12,22H,8-11H2,1-3H3. The summed E-state index contributed by atoms with van der Waals surface area (Å²) in [5, 5.41) is 2.77. The van der Waals surface area contributed by atoms with Crippen LogP contribution >= 0.6 is 11.6 Å². The van der Waals surface area contributed by atoms with Gasteiger partial charge in [0.2, 0.25) is 0 Å². The maximum absolute atomic E-state index is 12.3. The number of anilines is 1. The van der Waals surface area contributed by atoms with E-state index in [2.05, 4.69) is 9.88 Å². The third kappa shape index (κ3) is 3.54. The summed E-state index contributed by atoms with van der Waals surface area (Å²) in [5.41, 5.74) is 1.46. The quantitative estimate of drug-likeness (QED) is 0.672. The number of carbonyl (C=O) groups excluding carboxylic acids is 1. The number of nitrogens with zero attached hydrogens (tertiary/aromatic N) is 3. The summed E-state index contributed by atoms with van der Waals surface area (Å²) < 4.78 is 5.48. The largest absolute Gasteiger partial charge is 0.444 e. The van der Waals surface area contributed by atoms with E-state index in [4.69, 9.17) is 21.3 Å². The predicted octanol–water partition coefficient (Wildman–Crippen LogP) is 4.43. The number of fused-ring (bicyclic) bond motifs is 3. The topological polar surface area (TPSA) is 61.5 Å². The second-order valence-electron chi connectivity index (χ2n) is 7.82. The summed E-state index contributed by atoms with van der Waals surface area (Å²) in [6, 6.07) is 7.78. The van der Waals surface area contributed by atoms with Gasteiger partial charge in [-0.25, -0.2) is 9.78 Å². The molecule has 0 saturated carbocycles. The van der Waals surface area contributed by atoms with Crippen molar-refractivity contribution < 1.29 is 9.53 Å². The molecule has 142 valence electrons. The summed E-state index contributed by atoms with van der Waals surface area (Å²) in [7, 11) is 0. The number of amides is 1. The molecule has 0 unspecified atom stereocenters. The van der Waals surface area contributed by atoms with E-state index in [9.17, 15) is 4.79 Å². The van der Waals surface area contributed by atoms with Gasteiger partial charge in [-0.3, -0.25) is 0 Å². The molecule has 1 aromatic carbocycles. The van der Waals surface area contributed by atoms with Gasteiger partial charge in [-0.05, 0) is 45.0 Å². The number of nitrogens with one attached hydrogen (secondary N) is 1. The number of benzene rings is 1. The molecule has 1 N–H and O–H groups in total.